The van der Waals surface area contributed by atoms with Gasteiger partial charge in [-0.25, -0.2) is 0 Å². The number of halogens is 1. The molecule has 1 amide bonds. The fourth-order valence-corrected chi connectivity index (χ4v) is 3.17. The number of aryl methyl sites for hydroxylation is 1. The first kappa shape index (κ1) is 17.5. The highest BCUT2D eigenvalue weighted by molar-refractivity contribution is 7.12. The smallest absolute Gasteiger partial charge is 0.261 e. The van der Waals surface area contributed by atoms with Gasteiger partial charge in [0.25, 0.3) is 5.91 Å². The molecular formula is C18H18ClN3O2S. The van der Waals surface area contributed by atoms with Crippen molar-refractivity contribution in [1.82, 2.24) is 15.1 Å². The van der Waals surface area contributed by atoms with E-state index in [-0.39, 0.29) is 5.91 Å². The highest BCUT2D eigenvalue weighted by atomic mass is 35.5. The van der Waals surface area contributed by atoms with E-state index in [9.17, 15) is 4.79 Å². The number of carbonyl (C=O) groups excluding carboxylic acids is 1. The molecule has 0 aliphatic carbocycles. The van der Waals surface area contributed by atoms with Crippen molar-refractivity contribution in [2.75, 3.05) is 6.54 Å². The van der Waals surface area contributed by atoms with Crippen LogP contribution in [0.2, 0.25) is 5.02 Å². The largest absolute Gasteiger partial charge is 0.489 e. The molecule has 1 aromatic carbocycles. The first-order valence-electron chi connectivity index (χ1n) is 7.83. The molecule has 0 aliphatic rings. The molecule has 7 heteroatoms. The number of aromatic nitrogens is 2. The molecule has 25 heavy (non-hydrogen) atoms. The zero-order valence-corrected chi connectivity index (χ0v) is 15.3. The van der Waals surface area contributed by atoms with E-state index >= 15 is 0 Å². The lowest BCUT2D eigenvalue weighted by molar-refractivity contribution is 0.0956. The Labute approximate surface area is 155 Å². The highest BCUT2D eigenvalue weighted by Crippen LogP contribution is 2.18. The molecule has 1 N–H and O–H groups in total. The minimum absolute atomic E-state index is 0.0927. The third kappa shape index (κ3) is 5.08. The van der Waals surface area contributed by atoms with Crippen molar-refractivity contribution in [3.05, 3.63) is 69.1 Å². The average Bonchev–Trinajstić information content (AvgIpc) is 3.23. The summed E-state index contributed by atoms with van der Waals surface area (Å²) in [4.78, 5) is 12.8. The Balaban J connectivity index is 1.46. The SMILES string of the molecule is Cc1ccc(OCc2csc(C(=O)NCCn3cc(Cl)cn3)c2)cc1. The van der Waals surface area contributed by atoms with Gasteiger partial charge in [0.1, 0.15) is 12.4 Å². The Morgan fingerprint density at radius 1 is 1.36 bits per heavy atom. The second-order valence-electron chi connectivity index (χ2n) is 5.60. The van der Waals surface area contributed by atoms with Crippen molar-refractivity contribution in [3.8, 4) is 5.75 Å². The van der Waals surface area contributed by atoms with Gasteiger partial charge in [-0.3, -0.25) is 9.48 Å². The molecule has 0 unspecified atom stereocenters. The summed E-state index contributed by atoms with van der Waals surface area (Å²) in [6.07, 6.45) is 3.29. The maximum Gasteiger partial charge on any atom is 0.261 e. The molecule has 0 aliphatic heterocycles. The van der Waals surface area contributed by atoms with Crippen LogP contribution in [0.1, 0.15) is 20.8 Å². The van der Waals surface area contributed by atoms with E-state index in [2.05, 4.69) is 10.4 Å². The molecule has 0 saturated carbocycles. The third-order valence-electron chi connectivity index (χ3n) is 3.53. The van der Waals surface area contributed by atoms with E-state index in [1.165, 1.54) is 16.9 Å². The van der Waals surface area contributed by atoms with E-state index in [4.69, 9.17) is 16.3 Å². The minimum atomic E-state index is -0.0927. The Kier molecular flexibility index (Phi) is 5.73. The van der Waals surface area contributed by atoms with Crippen LogP contribution in [-0.4, -0.2) is 22.2 Å². The Morgan fingerprint density at radius 2 is 2.16 bits per heavy atom. The van der Waals surface area contributed by atoms with E-state index in [0.29, 0.717) is 29.6 Å². The number of ether oxygens (including phenoxy) is 1. The second kappa shape index (κ2) is 8.18. The molecule has 0 radical (unpaired) electrons. The molecule has 2 heterocycles. The monoisotopic (exact) mass is 375 g/mol. The topological polar surface area (TPSA) is 56.1 Å². The van der Waals surface area contributed by atoms with Crippen molar-refractivity contribution in [3.63, 3.8) is 0 Å². The van der Waals surface area contributed by atoms with E-state index in [1.54, 1.807) is 17.1 Å². The van der Waals surface area contributed by atoms with E-state index in [1.807, 2.05) is 42.6 Å². The first-order chi connectivity index (χ1) is 12.1. The Morgan fingerprint density at radius 3 is 2.88 bits per heavy atom. The summed E-state index contributed by atoms with van der Waals surface area (Å²) in [5.41, 5.74) is 2.17. The van der Waals surface area contributed by atoms with E-state index < -0.39 is 0 Å². The van der Waals surface area contributed by atoms with Crippen LogP contribution >= 0.6 is 22.9 Å². The van der Waals surface area contributed by atoms with Crippen molar-refractivity contribution >= 4 is 28.8 Å². The summed E-state index contributed by atoms with van der Waals surface area (Å²) in [5.74, 6) is 0.727. The molecule has 3 aromatic rings. The number of hydrogen-bond acceptors (Lipinski definition) is 4. The van der Waals surface area contributed by atoms with Crippen LogP contribution < -0.4 is 10.1 Å². The minimum Gasteiger partial charge on any atom is -0.489 e. The van der Waals surface area contributed by atoms with Crippen LogP contribution in [0, 0.1) is 6.92 Å². The summed E-state index contributed by atoms with van der Waals surface area (Å²) >= 11 is 7.21. The number of benzene rings is 1. The first-order valence-corrected chi connectivity index (χ1v) is 9.09. The number of nitrogens with zero attached hydrogens (tertiary/aromatic N) is 2. The lowest BCUT2D eigenvalue weighted by atomic mass is 10.2. The maximum atomic E-state index is 12.2. The zero-order valence-electron chi connectivity index (χ0n) is 13.7. The Bertz CT molecular complexity index is 842. The van der Waals surface area contributed by atoms with Crippen molar-refractivity contribution < 1.29 is 9.53 Å². The molecular weight excluding hydrogens is 358 g/mol. The van der Waals surface area contributed by atoms with Crippen LogP contribution in [-0.2, 0) is 13.2 Å². The normalized spacial score (nSPS) is 10.6. The number of nitrogens with one attached hydrogen (secondary N) is 1. The van der Waals surface area contributed by atoms with Crippen molar-refractivity contribution in [2.45, 2.75) is 20.1 Å². The van der Waals surface area contributed by atoms with Crippen LogP contribution in [0.3, 0.4) is 0 Å². The van der Waals surface area contributed by atoms with Gasteiger partial charge in [0.15, 0.2) is 0 Å². The van der Waals surface area contributed by atoms with Gasteiger partial charge >= 0.3 is 0 Å². The number of carbonyl (C=O) groups is 1. The maximum absolute atomic E-state index is 12.2. The zero-order chi connectivity index (χ0) is 17.6. The molecule has 0 saturated heterocycles. The van der Waals surface area contributed by atoms with Crippen LogP contribution in [0.15, 0.2) is 48.1 Å². The lowest BCUT2D eigenvalue weighted by Gasteiger charge is -2.05. The van der Waals surface area contributed by atoms with Crippen molar-refractivity contribution in [1.29, 1.82) is 0 Å². The fraction of sp³-hybridized carbons (Fsp3) is 0.222. The van der Waals surface area contributed by atoms with Gasteiger partial charge in [-0.05, 0) is 30.5 Å². The number of rotatable bonds is 7. The van der Waals surface area contributed by atoms with Gasteiger partial charge in [-0.2, -0.15) is 5.10 Å². The Hall–Kier alpha value is -2.31. The third-order valence-corrected chi connectivity index (χ3v) is 4.71. The van der Waals surface area contributed by atoms with Crippen LogP contribution in [0.4, 0.5) is 0 Å². The molecule has 0 fully saturated rings. The average molecular weight is 376 g/mol. The van der Waals surface area contributed by atoms with Gasteiger partial charge in [-0.1, -0.05) is 29.3 Å². The fourth-order valence-electron chi connectivity index (χ4n) is 2.20. The summed E-state index contributed by atoms with van der Waals surface area (Å²) < 4.78 is 7.42. The summed E-state index contributed by atoms with van der Waals surface area (Å²) in [7, 11) is 0. The van der Waals surface area contributed by atoms with Gasteiger partial charge in [0, 0.05) is 18.3 Å². The van der Waals surface area contributed by atoms with Crippen LogP contribution in [0.5, 0.6) is 5.75 Å². The molecule has 2 aromatic heterocycles. The van der Waals surface area contributed by atoms with Gasteiger partial charge < -0.3 is 10.1 Å². The molecule has 130 valence electrons. The van der Waals surface area contributed by atoms with Crippen LogP contribution in [0.25, 0.3) is 0 Å². The summed E-state index contributed by atoms with van der Waals surface area (Å²) in [5, 5.41) is 9.47. The summed E-state index contributed by atoms with van der Waals surface area (Å²) in [6, 6.07) is 9.76. The van der Waals surface area contributed by atoms with Crippen molar-refractivity contribution in [2.24, 2.45) is 0 Å². The van der Waals surface area contributed by atoms with Gasteiger partial charge in [-0.15, -0.1) is 11.3 Å². The lowest BCUT2D eigenvalue weighted by Crippen LogP contribution is -2.26. The highest BCUT2D eigenvalue weighted by Gasteiger charge is 2.09. The molecule has 3 rings (SSSR count). The summed E-state index contributed by atoms with van der Waals surface area (Å²) in [6.45, 7) is 3.55. The number of thiophene rings is 1. The molecule has 0 spiro atoms. The molecule has 0 bridgehead atoms. The predicted molar refractivity (Wildman–Crippen MR) is 99.4 cm³/mol. The van der Waals surface area contributed by atoms with Gasteiger partial charge in [0.2, 0.25) is 0 Å². The molecule has 0 atom stereocenters. The quantitative estimate of drug-likeness (QED) is 0.681. The van der Waals surface area contributed by atoms with E-state index in [0.717, 1.165) is 11.3 Å². The van der Waals surface area contributed by atoms with Gasteiger partial charge in [0.05, 0.1) is 22.6 Å². The predicted octanol–water partition coefficient (Wildman–Crippen LogP) is 3.92. The second-order valence-corrected chi connectivity index (χ2v) is 6.95. The standard InChI is InChI=1S/C18H18ClN3O2S/c1-13-2-4-16(5-3-13)24-11-14-8-17(25-12-14)18(23)20-6-7-22-10-15(19)9-21-22/h2-5,8-10,12H,6-7,11H2,1H3,(H,20,23). The molecule has 5 nitrogen and oxygen atoms in total. The number of amides is 1. The number of hydrogen-bond donors (Lipinski definition) is 1.